The van der Waals surface area contributed by atoms with Crippen molar-refractivity contribution in [3.05, 3.63) is 25.3 Å². The smallest absolute Gasteiger partial charge is 0.306 e. The standard InChI is InChI=1S/C16H26O8/c1-3-7-21-9-13(17)11-23-15(19)5-6-16(20)24-12-14(18)10-22-8-4-2/h3-4,13-14,17-18H,1-2,5-12H2. The fraction of sp³-hybridized carbons (Fsp3) is 0.625. The molecule has 0 aromatic heterocycles. The SMILES string of the molecule is C=CCOCC(O)COC(=O)CCC(=O)OCC(O)COCC=C. The Balaban J connectivity index is 3.68. The molecular weight excluding hydrogens is 320 g/mol. The van der Waals surface area contributed by atoms with Gasteiger partial charge < -0.3 is 29.2 Å². The Morgan fingerprint density at radius 1 is 0.792 bits per heavy atom. The van der Waals surface area contributed by atoms with Gasteiger partial charge in [-0.25, -0.2) is 0 Å². The first-order valence-corrected chi connectivity index (χ1v) is 7.54. The second-order valence-electron chi connectivity index (χ2n) is 4.83. The van der Waals surface area contributed by atoms with Gasteiger partial charge in [-0.1, -0.05) is 12.2 Å². The lowest BCUT2D eigenvalue weighted by molar-refractivity contribution is -0.154. The Labute approximate surface area is 141 Å². The third-order valence-electron chi connectivity index (χ3n) is 2.50. The van der Waals surface area contributed by atoms with E-state index in [-0.39, 0.29) is 39.3 Å². The van der Waals surface area contributed by atoms with Crippen molar-refractivity contribution >= 4 is 11.9 Å². The van der Waals surface area contributed by atoms with Crippen LogP contribution in [0.15, 0.2) is 25.3 Å². The fourth-order valence-electron chi connectivity index (χ4n) is 1.40. The van der Waals surface area contributed by atoms with Gasteiger partial charge in [-0.2, -0.15) is 0 Å². The first kappa shape index (κ1) is 22.3. The summed E-state index contributed by atoms with van der Waals surface area (Å²) >= 11 is 0. The van der Waals surface area contributed by atoms with E-state index in [1.165, 1.54) is 12.2 Å². The molecule has 0 aliphatic carbocycles. The molecule has 138 valence electrons. The van der Waals surface area contributed by atoms with Gasteiger partial charge in [0.1, 0.15) is 25.4 Å². The largest absolute Gasteiger partial charge is 0.463 e. The number of hydrogen-bond donors (Lipinski definition) is 2. The average molecular weight is 346 g/mol. The highest BCUT2D eigenvalue weighted by Gasteiger charge is 2.13. The molecule has 0 saturated carbocycles. The summed E-state index contributed by atoms with van der Waals surface area (Å²) in [4.78, 5) is 22.8. The fourth-order valence-corrected chi connectivity index (χ4v) is 1.40. The summed E-state index contributed by atoms with van der Waals surface area (Å²) in [5.41, 5.74) is 0. The van der Waals surface area contributed by atoms with E-state index in [2.05, 4.69) is 13.2 Å². The number of aliphatic hydroxyl groups excluding tert-OH is 2. The van der Waals surface area contributed by atoms with Crippen molar-refractivity contribution in [3.63, 3.8) is 0 Å². The van der Waals surface area contributed by atoms with E-state index in [0.717, 1.165) is 0 Å². The Bertz CT molecular complexity index is 346. The van der Waals surface area contributed by atoms with Crippen LogP contribution in [0.2, 0.25) is 0 Å². The van der Waals surface area contributed by atoms with Gasteiger partial charge in [0.25, 0.3) is 0 Å². The summed E-state index contributed by atoms with van der Waals surface area (Å²) in [5.74, 6) is -1.27. The van der Waals surface area contributed by atoms with Gasteiger partial charge in [0, 0.05) is 0 Å². The zero-order valence-electron chi connectivity index (χ0n) is 13.7. The minimum atomic E-state index is -0.938. The highest BCUT2D eigenvalue weighted by molar-refractivity contribution is 5.77. The summed E-state index contributed by atoms with van der Waals surface area (Å²) in [7, 11) is 0. The number of carbonyl (C=O) groups excluding carboxylic acids is 2. The van der Waals surface area contributed by atoms with Gasteiger partial charge in [0.2, 0.25) is 0 Å². The number of ether oxygens (including phenoxy) is 4. The molecule has 2 unspecified atom stereocenters. The zero-order chi connectivity index (χ0) is 18.2. The van der Waals surface area contributed by atoms with Crippen LogP contribution in [-0.2, 0) is 28.5 Å². The number of carbonyl (C=O) groups is 2. The lowest BCUT2D eigenvalue weighted by Gasteiger charge is -2.12. The highest BCUT2D eigenvalue weighted by Crippen LogP contribution is 1.99. The van der Waals surface area contributed by atoms with Gasteiger partial charge >= 0.3 is 11.9 Å². The monoisotopic (exact) mass is 346 g/mol. The number of esters is 2. The lowest BCUT2D eigenvalue weighted by Crippen LogP contribution is -2.25. The van der Waals surface area contributed by atoms with Crippen molar-refractivity contribution in [1.29, 1.82) is 0 Å². The molecule has 0 aliphatic heterocycles. The molecule has 2 atom stereocenters. The van der Waals surface area contributed by atoms with E-state index < -0.39 is 24.1 Å². The third-order valence-corrected chi connectivity index (χ3v) is 2.50. The molecule has 0 rings (SSSR count). The van der Waals surface area contributed by atoms with Gasteiger partial charge in [0.15, 0.2) is 0 Å². The molecule has 0 amide bonds. The lowest BCUT2D eigenvalue weighted by atomic mass is 10.3. The van der Waals surface area contributed by atoms with Gasteiger partial charge in [-0.05, 0) is 0 Å². The van der Waals surface area contributed by atoms with Crippen molar-refractivity contribution in [2.45, 2.75) is 25.0 Å². The Kier molecular flexibility index (Phi) is 13.8. The summed E-state index contributed by atoms with van der Waals surface area (Å²) in [6, 6.07) is 0. The molecule has 0 saturated heterocycles. The predicted molar refractivity (Wildman–Crippen MR) is 85.2 cm³/mol. The Hall–Kier alpha value is -1.74. The van der Waals surface area contributed by atoms with Crippen LogP contribution in [0.1, 0.15) is 12.8 Å². The van der Waals surface area contributed by atoms with Crippen molar-refractivity contribution in [1.82, 2.24) is 0 Å². The predicted octanol–water partition coefficient (Wildman–Crippen LogP) is -0.0200. The van der Waals surface area contributed by atoms with E-state index in [1.807, 2.05) is 0 Å². The Morgan fingerprint density at radius 3 is 1.50 bits per heavy atom. The van der Waals surface area contributed by atoms with E-state index in [9.17, 15) is 19.8 Å². The molecule has 0 heterocycles. The number of rotatable bonds is 15. The molecule has 8 nitrogen and oxygen atoms in total. The van der Waals surface area contributed by atoms with Gasteiger partial charge in [0.05, 0.1) is 39.3 Å². The minimum Gasteiger partial charge on any atom is -0.463 e. The van der Waals surface area contributed by atoms with Crippen LogP contribution in [0.25, 0.3) is 0 Å². The second-order valence-corrected chi connectivity index (χ2v) is 4.83. The van der Waals surface area contributed by atoms with Crippen LogP contribution in [-0.4, -0.2) is 74.0 Å². The second kappa shape index (κ2) is 14.8. The van der Waals surface area contributed by atoms with Gasteiger partial charge in [-0.3, -0.25) is 9.59 Å². The molecule has 0 fully saturated rings. The molecule has 0 aromatic carbocycles. The molecular formula is C16H26O8. The minimum absolute atomic E-state index is 0.0210. The first-order valence-electron chi connectivity index (χ1n) is 7.54. The van der Waals surface area contributed by atoms with E-state index in [4.69, 9.17) is 18.9 Å². The summed E-state index contributed by atoms with van der Waals surface area (Å²) < 4.78 is 19.6. The highest BCUT2D eigenvalue weighted by atomic mass is 16.6. The third kappa shape index (κ3) is 13.9. The molecule has 0 aromatic rings. The van der Waals surface area contributed by atoms with Gasteiger partial charge in [-0.15, -0.1) is 13.2 Å². The van der Waals surface area contributed by atoms with Crippen LogP contribution in [0.4, 0.5) is 0 Å². The Morgan fingerprint density at radius 2 is 1.17 bits per heavy atom. The van der Waals surface area contributed by atoms with Crippen LogP contribution >= 0.6 is 0 Å². The van der Waals surface area contributed by atoms with Crippen molar-refractivity contribution < 1.29 is 38.7 Å². The van der Waals surface area contributed by atoms with Crippen LogP contribution < -0.4 is 0 Å². The molecule has 24 heavy (non-hydrogen) atoms. The van der Waals surface area contributed by atoms with Crippen molar-refractivity contribution in [2.75, 3.05) is 39.6 Å². The van der Waals surface area contributed by atoms with Crippen LogP contribution in [0, 0.1) is 0 Å². The maximum Gasteiger partial charge on any atom is 0.306 e. The quantitative estimate of drug-likeness (QED) is 0.242. The van der Waals surface area contributed by atoms with Crippen LogP contribution in [0.5, 0.6) is 0 Å². The summed E-state index contributed by atoms with van der Waals surface area (Å²) in [5, 5.41) is 18.9. The van der Waals surface area contributed by atoms with E-state index in [1.54, 1.807) is 0 Å². The maximum absolute atomic E-state index is 11.4. The van der Waals surface area contributed by atoms with E-state index in [0.29, 0.717) is 13.2 Å². The van der Waals surface area contributed by atoms with E-state index >= 15 is 0 Å². The summed E-state index contributed by atoms with van der Waals surface area (Å²) in [6.45, 7) is 7.10. The summed E-state index contributed by atoms with van der Waals surface area (Å²) in [6.07, 6.45) is 0.836. The molecule has 0 spiro atoms. The number of aliphatic hydroxyl groups is 2. The molecule has 2 N–H and O–H groups in total. The van der Waals surface area contributed by atoms with Crippen molar-refractivity contribution in [3.8, 4) is 0 Å². The molecule has 8 heteroatoms. The maximum atomic E-state index is 11.4. The molecule has 0 aliphatic rings. The number of hydrogen-bond acceptors (Lipinski definition) is 8. The first-order chi connectivity index (χ1) is 11.5. The molecule has 0 bridgehead atoms. The van der Waals surface area contributed by atoms with Crippen LogP contribution in [0.3, 0.4) is 0 Å². The normalized spacial score (nSPS) is 12.9. The zero-order valence-corrected chi connectivity index (χ0v) is 13.7. The van der Waals surface area contributed by atoms with Crippen molar-refractivity contribution in [2.24, 2.45) is 0 Å². The topological polar surface area (TPSA) is 112 Å². The average Bonchev–Trinajstić information content (AvgIpc) is 2.56. The molecule has 0 radical (unpaired) electrons.